The molecule has 1 N–H and O–H groups in total. The van der Waals surface area contributed by atoms with Crippen molar-refractivity contribution in [3.05, 3.63) is 29.3 Å². The van der Waals surface area contributed by atoms with Gasteiger partial charge in [-0.2, -0.15) is 0 Å². The predicted octanol–water partition coefficient (Wildman–Crippen LogP) is 2.46. The Morgan fingerprint density at radius 3 is 2.62 bits per heavy atom. The van der Waals surface area contributed by atoms with Crippen molar-refractivity contribution in [2.24, 2.45) is 0 Å². The summed E-state index contributed by atoms with van der Waals surface area (Å²) < 4.78 is 26.6. The molecule has 0 amide bonds. The Morgan fingerprint density at radius 1 is 1.24 bits per heavy atom. The maximum absolute atomic E-state index is 12.6. The first-order valence-corrected chi connectivity index (χ1v) is 9.12. The summed E-state index contributed by atoms with van der Waals surface area (Å²) in [6.45, 7) is 5.55. The van der Waals surface area contributed by atoms with Gasteiger partial charge in [0.2, 0.25) is 10.0 Å². The molecule has 1 aliphatic rings. The van der Waals surface area contributed by atoms with E-state index in [2.05, 4.69) is 5.32 Å². The largest absolute Gasteiger partial charge is 0.314 e. The topological polar surface area (TPSA) is 49.4 Å². The van der Waals surface area contributed by atoms with Gasteiger partial charge in [-0.1, -0.05) is 12.5 Å². The summed E-state index contributed by atoms with van der Waals surface area (Å²) >= 11 is 0. The normalized spacial score (nSPS) is 19.9. The van der Waals surface area contributed by atoms with E-state index in [1.165, 1.54) is 17.1 Å². The van der Waals surface area contributed by atoms with Gasteiger partial charge in [0.05, 0.1) is 4.90 Å². The lowest BCUT2D eigenvalue weighted by atomic mass is 10.0. The first-order chi connectivity index (χ1) is 9.91. The molecular weight excluding hydrogens is 284 g/mol. The zero-order valence-corrected chi connectivity index (χ0v) is 14.0. The molecule has 0 saturated carbocycles. The van der Waals surface area contributed by atoms with E-state index in [1.54, 1.807) is 19.2 Å². The van der Waals surface area contributed by atoms with Crippen molar-refractivity contribution in [3.63, 3.8) is 0 Å². The zero-order valence-electron chi connectivity index (χ0n) is 13.2. The van der Waals surface area contributed by atoms with E-state index in [0.717, 1.165) is 30.5 Å². The fourth-order valence-electron chi connectivity index (χ4n) is 2.68. The number of nitrogens with one attached hydrogen (secondary N) is 1. The van der Waals surface area contributed by atoms with E-state index in [1.807, 2.05) is 19.9 Å². The van der Waals surface area contributed by atoms with Gasteiger partial charge < -0.3 is 5.32 Å². The van der Waals surface area contributed by atoms with Gasteiger partial charge in [0.15, 0.2) is 0 Å². The van der Waals surface area contributed by atoms with Crippen molar-refractivity contribution in [2.75, 3.05) is 20.1 Å². The predicted molar refractivity (Wildman–Crippen MR) is 86.0 cm³/mol. The second-order valence-corrected chi connectivity index (χ2v) is 8.05. The average molecular weight is 310 g/mol. The number of hydrogen-bond acceptors (Lipinski definition) is 3. The van der Waals surface area contributed by atoms with Crippen LogP contribution in [-0.2, 0) is 10.0 Å². The van der Waals surface area contributed by atoms with Crippen molar-refractivity contribution >= 4 is 10.0 Å². The number of benzene rings is 1. The molecule has 2 rings (SSSR count). The molecule has 118 valence electrons. The molecule has 1 aromatic carbocycles. The molecule has 1 heterocycles. The first kappa shape index (κ1) is 16.5. The Balaban J connectivity index is 2.02. The van der Waals surface area contributed by atoms with Gasteiger partial charge in [0.1, 0.15) is 0 Å². The Bertz CT molecular complexity index is 578. The summed E-state index contributed by atoms with van der Waals surface area (Å²) in [6.07, 6.45) is 4.50. The molecule has 0 aliphatic carbocycles. The van der Waals surface area contributed by atoms with Crippen LogP contribution in [0.5, 0.6) is 0 Å². The minimum Gasteiger partial charge on any atom is -0.314 e. The number of aryl methyl sites for hydroxylation is 2. The maximum Gasteiger partial charge on any atom is 0.242 e. The second kappa shape index (κ2) is 6.90. The van der Waals surface area contributed by atoms with E-state index < -0.39 is 10.0 Å². The minimum atomic E-state index is -3.37. The Morgan fingerprint density at radius 2 is 2.00 bits per heavy atom. The molecule has 1 unspecified atom stereocenters. The van der Waals surface area contributed by atoms with Crippen LogP contribution in [0.4, 0.5) is 0 Å². The van der Waals surface area contributed by atoms with Gasteiger partial charge in [-0.25, -0.2) is 12.7 Å². The van der Waals surface area contributed by atoms with Crippen molar-refractivity contribution < 1.29 is 8.42 Å². The fourth-order valence-corrected chi connectivity index (χ4v) is 3.95. The van der Waals surface area contributed by atoms with Crippen molar-refractivity contribution in [1.82, 2.24) is 9.62 Å². The highest BCUT2D eigenvalue weighted by Crippen LogP contribution is 2.19. The molecule has 0 radical (unpaired) electrons. The monoisotopic (exact) mass is 310 g/mol. The molecule has 1 fully saturated rings. The molecule has 0 aromatic heterocycles. The molecule has 0 spiro atoms. The summed E-state index contributed by atoms with van der Waals surface area (Å²) in [7, 11) is -1.70. The highest BCUT2D eigenvalue weighted by Gasteiger charge is 2.22. The third kappa shape index (κ3) is 4.05. The van der Waals surface area contributed by atoms with Crippen molar-refractivity contribution in [2.45, 2.75) is 50.5 Å². The zero-order chi connectivity index (χ0) is 15.5. The van der Waals surface area contributed by atoms with Crippen LogP contribution in [0.3, 0.4) is 0 Å². The molecule has 1 atom stereocenters. The minimum absolute atomic E-state index is 0.393. The molecule has 1 saturated heterocycles. The number of rotatable bonds is 5. The Hall–Kier alpha value is -0.910. The lowest BCUT2D eigenvalue weighted by Gasteiger charge is -2.25. The quantitative estimate of drug-likeness (QED) is 0.909. The average Bonchev–Trinajstić information content (AvgIpc) is 2.48. The summed E-state index contributed by atoms with van der Waals surface area (Å²) in [5, 5.41) is 3.46. The van der Waals surface area contributed by atoms with Gasteiger partial charge >= 0.3 is 0 Å². The second-order valence-electron chi connectivity index (χ2n) is 6.01. The molecule has 1 aromatic rings. The van der Waals surface area contributed by atoms with Crippen LogP contribution in [0.2, 0.25) is 0 Å². The van der Waals surface area contributed by atoms with Gasteiger partial charge in [-0.05, 0) is 62.9 Å². The van der Waals surface area contributed by atoms with Gasteiger partial charge in [0, 0.05) is 19.6 Å². The van der Waals surface area contributed by atoms with Crippen LogP contribution in [0.25, 0.3) is 0 Å². The smallest absolute Gasteiger partial charge is 0.242 e. The summed E-state index contributed by atoms with van der Waals surface area (Å²) in [4.78, 5) is 0.393. The highest BCUT2D eigenvalue weighted by molar-refractivity contribution is 7.89. The summed E-state index contributed by atoms with van der Waals surface area (Å²) in [5.74, 6) is 0. The van der Waals surface area contributed by atoms with Crippen LogP contribution in [0, 0.1) is 13.8 Å². The van der Waals surface area contributed by atoms with Crippen molar-refractivity contribution in [3.8, 4) is 0 Å². The molecule has 0 bridgehead atoms. The van der Waals surface area contributed by atoms with Crippen LogP contribution < -0.4 is 5.32 Å². The molecule has 1 aliphatic heterocycles. The number of hydrogen-bond donors (Lipinski definition) is 1. The molecule has 21 heavy (non-hydrogen) atoms. The summed E-state index contributed by atoms with van der Waals surface area (Å²) in [6, 6.07) is 5.79. The number of nitrogens with zero attached hydrogens (tertiary/aromatic N) is 1. The van der Waals surface area contributed by atoms with E-state index in [0.29, 0.717) is 17.5 Å². The van der Waals surface area contributed by atoms with Gasteiger partial charge in [-0.3, -0.25) is 0 Å². The third-order valence-corrected chi connectivity index (χ3v) is 6.24. The number of piperidine rings is 1. The van der Waals surface area contributed by atoms with Crippen LogP contribution in [-0.4, -0.2) is 38.9 Å². The lowest BCUT2D eigenvalue weighted by molar-refractivity contribution is 0.351. The van der Waals surface area contributed by atoms with Gasteiger partial charge in [-0.15, -0.1) is 0 Å². The SMILES string of the molecule is Cc1ccc(S(=O)(=O)N(C)CCC2CCCCN2)cc1C. The van der Waals surface area contributed by atoms with Crippen LogP contribution in [0.1, 0.15) is 36.8 Å². The fraction of sp³-hybridized carbons (Fsp3) is 0.625. The van der Waals surface area contributed by atoms with Crippen LogP contribution in [0.15, 0.2) is 23.1 Å². The Labute approximate surface area is 128 Å². The summed E-state index contributed by atoms with van der Waals surface area (Å²) in [5.41, 5.74) is 2.13. The standard InChI is InChI=1S/C16H26N2O2S/c1-13-7-8-16(12-14(13)2)21(19,20)18(3)11-9-15-6-4-5-10-17-15/h7-8,12,15,17H,4-6,9-11H2,1-3H3. The van der Waals surface area contributed by atoms with E-state index in [9.17, 15) is 8.42 Å². The maximum atomic E-state index is 12.6. The first-order valence-electron chi connectivity index (χ1n) is 7.68. The van der Waals surface area contributed by atoms with E-state index in [-0.39, 0.29) is 0 Å². The molecule has 4 nitrogen and oxygen atoms in total. The number of sulfonamides is 1. The van der Waals surface area contributed by atoms with E-state index in [4.69, 9.17) is 0 Å². The Kier molecular flexibility index (Phi) is 5.41. The molecule has 5 heteroatoms. The third-order valence-electron chi connectivity index (χ3n) is 4.39. The lowest BCUT2D eigenvalue weighted by Crippen LogP contribution is -2.38. The van der Waals surface area contributed by atoms with Crippen molar-refractivity contribution in [1.29, 1.82) is 0 Å². The van der Waals surface area contributed by atoms with Crippen LogP contribution >= 0.6 is 0 Å². The highest BCUT2D eigenvalue weighted by atomic mass is 32.2. The van der Waals surface area contributed by atoms with Gasteiger partial charge in [0.25, 0.3) is 0 Å². The molecular formula is C16H26N2O2S. The van der Waals surface area contributed by atoms with E-state index >= 15 is 0 Å².